The lowest BCUT2D eigenvalue weighted by Crippen LogP contribution is -2.45. The molecule has 186 valence electrons. The van der Waals surface area contributed by atoms with Gasteiger partial charge in [0.1, 0.15) is 0 Å². The van der Waals surface area contributed by atoms with Gasteiger partial charge in [-0.3, -0.25) is 14.7 Å². The fraction of sp³-hybridized carbons (Fsp3) is 0.433. The van der Waals surface area contributed by atoms with Gasteiger partial charge in [0.25, 0.3) is 5.91 Å². The molecular weight excluding hydrogens is 446 g/mol. The first-order chi connectivity index (χ1) is 17.5. The van der Waals surface area contributed by atoms with Crippen molar-refractivity contribution in [3.63, 3.8) is 0 Å². The van der Waals surface area contributed by atoms with Gasteiger partial charge in [-0.05, 0) is 88.2 Å². The summed E-state index contributed by atoms with van der Waals surface area (Å²) in [4.78, 5) is 22.8. The molecule has 0 bridgehead atoms. The monoisotopic (exact) mass is 481 g/mol. The average molecular weight is 482 g/mol. The van der Waals surface area contributed by atoms with Gasteiger partial charge in [-0.25, -0.2) is 4.52 Å². The minimum atomic E-state index is -0.0282. The Balaban J connectivity index is 1.28. The molecule has 1 aliphatic carbocycles. The molecule has 3 aliphatic heterocycles. The molecule has 6 nitrogen and oxygen atoms in total. The average Bonchev–Trinajstić information content (AvgIpc) is 3.25. The number of amides is 1. The molecule has 0 aromatic carbocycles. The number of piperidine rings is 1. The number of allylic oxidation sites excluding steroid dienone is 7. The molecule has 0 radical (unpaired) electrons. The van der Waals surface area contributed by atoms with Crippen molar-refractivity contribution in [2.45, 2.75) is 65.3 Å². The summed E-state index contributed by atoms with van der Waals surface area (Å²) in [5.41, 5.74) is 7.93. The molecule has 2 fully saturated rings. The molecular formula is C30H35N5O. The number of hydrogen-bond donors (Lipinski definition) is 0. The number of aromatic nitrogens is 3. The number of hydrogen-bond acceptors (Lipinski definition) is 4. The van der Waals surface area contributed by atoms with Crippen LogP contribution in [0.1, 0.15) is 63.0 Å². The fourth-order valence-corrected chi connectivity index (χ4v) is 5.98. The van der Waals surface area contributed by atoms with Crippen molar-refractivity contribution < 1.29 is 4.79 Å². The second-order valence-corrected chi connectivity index (χ2v) is 10.6. The number of aryl methyl sites for hydroxylation is 2. The summed E-state index contributed by atoms with van der Waals surface area (Å²) in [6.45, 7) is 8.55. The Hall–Kier alpha value is -3.25. The number of carbonyl (C=O) groups excluding carboxylic acids is 1. The van der Waals surface area contributed by atoms with Crippen LogP contribution < -0.4 is 0 Å². The zero-order chi connectivity index (χ0) is 24.8. The Bertz CT molecular complexity index is 1360. The van der Waals surface area contributed by atoms with Crippen molar-refractivity contribution in [2.75, 3.05) is 13.1 Å². The van der Waals surface area contributed by atoms with Crippen LogP contribution in [0.25, 0.3) is 11.1 Å². The summed E-state index contributed by atoms with van der Waals surface area (Å²) in [5.74, 6) is 0.483. The number of fused-ring (bicyclic) bond motifs is 2. The maximum Gasteiger partial charge on any atom is 0.255 e. The quantitative estimate of drug-likeness (QED) is 0.589. The first-order valence-corrected chi connectivity index (χ1v) is 13.4. The number of nitrogens with zero attached hydrogens (tertiary/aromatic N) is 5. The van der Waals surface area contributed by atoms with Gasteiger partial charge in [0, 0.05) is 23.9 Å². The van der Waals surface area contributed by atoms with Gasteiger partial charge in [-0.2, -0.15) is 5.10 Å². The van der Waals surface area contributed by atoms with E-state index in [9.17, 15) is 4.79 Å². The van der Waals surface area contributed by atoms with Gasteiger partial charge in [-0.1, -0.05) is 31.6 Å². The van der Waals surface area contributed by atoms with Crippen LogP contribution in [0.4, 0.5) is 0 Å². The van der Waals surface area contributed by atoms with Gasteiger partial charge in [0.2, 0.25) is 0 Å². The van der Waals surface area contributed by atoms with E-state index in [4.69, 9.17) is 5.10 Å². The molecule has 0 spiro atoms. The molecule has 4 aliphatic rings. The second-order valence-electron chi connectivity index (χ2n) is 10.6. The number of likely N-dealkylation sites (tertiary alicyclic amines) is 1. The first-order valence-electron chi connectivity index (χ1n) is 13.4. The van der Waals surface area contributed by atoms with Crippen molar-refractivity contribution in [3.05, 3.63) is 82.8 Å². The smallest absolute Gasteiger partial charge is 0.255 e. The van der Waals surface area contributed by atoms with Crippen LogP contribution in [0.15, 0.2) is 65.7 Å². The zero-order valence-corrected chi connectivity index (χ0v) is 21.6. The fourth-order valence-electron chi connectivity index (χ4n) is 5.98. The van der Waals surface area contributed by atoms with E-state index in [0.717, 1.165) is 51.9 Å². The third-order valence-electron chi connectivity index (χ3n) is 8.25. The minimum absolute atomic E-state index is 0.0282. The molecule has 36 heavy (non-hydrogen) atoms. The third kappa shape index (κ3) is 4.17. The van der Waals surface area contributed by atoms with Gasteiger partial charge in [0.15, 0.2) is 0 Å². The van der Waals surface area contributed by atoms with Crippen molar-refractivity contribution >= 4 is 17.0 Å². The van der Waals surface area contributed by atoms with E-state index < -0.39 is 0 Å². The molecule has 6 rings (SSSR count). The van der Waals surface area contributed by atoms with Crippen molar-refractivity contribution in [3.8, 4) is 0 Å². The first kappa shape index (κ1) is 23.2. The van der Waals surface area contributed by atoms with Crippen LogP contribution in [0.2, 0.25) is 0 Å². The van der Waals surface area contributed by atoms with E-state index in [1.807, 2.05) is 46.8 Å². The molecule has 6 heteroatoms. The highest BCUT2D eigenvalue weighted by molar-refractivity contribution is 6.00. The lowest BCUT2D eigenvalue weighted by molar-refractivity contribution is -0.122. The van der Waals surface area contributed by atoms with Crippen LogP contribution in [0.5, 0.6) is 0 Å². The number of carbonyl (C=O) groups is 1. The van der Waals surface area contributed by atoms with Gasteiger partial charge in [0.05, 0.1) is 34.5 Å². The van der Waals surface area contributed by atoms with E-state index in [1.165, 1.54) is 50.8 Å². The Morgan fingerprint density at radius 2 is 1.89 bits per heavy atom. The van der Waals surface area contributed by atoms with Gasteiger partial charge < -0.3 is 4.90 Å². The largest absolute Gasteiger partial charge is 0.300 e. The van der Waals surface area contributed by atoms with Crippen LogP contribution in [0, 0.1) is 12.8 Å². The van der Waals surface area contributed by atoms with Crippen molar-refractivity contribution in [1.82, 2.24) is 24.4 Å². The second kappa shape index (κ2) is 9.32. The molecule has 0 atom stereocenters. The van der Waals surface area contributed by atoms with E-state index in [0.29, 0.717) is 5.92 Å². The van der Waals surface area contributed by atoms with Gasteiger partial charge in [-0.15, -0.1) is 0 Å². The third-order valence-corrected chi connectivity index (χ3v) is 8.25. The molecule has 5 heterocycles. The highest BCUT2D eigenvalue weighted by atomic mass is 16.2. The van der Waals surface area contributed by atoms with Crippen LogP contribution in [0.3, 0.4) is 0 Å². The SMILES string of the molecule is CCc1nc(C)cn2nc(C3=C\C(=O)N4C=C(C5CCN(C6CCC6)CC5)C=C(C)\C4=C/C=C/3)cc12. The highest BCUT2D eigenvalue weighted by Gasteiger charge is 2.31. The predicted octanol–water partition coefficient (Wildman–Crippen LogP) is 5.37. The van der Waals surface area contributed by atoms with Crippen LogP contribution in [-0.2, 0) is 11.2 Å². The van der Waals surface area contributed by atoms with E-state index >= 15 is 0 Å². The molecule has 1 saturated heterocycles. The topological polar surface area (TPSA) is 53.7 Å². The summed E-state index contributed by atoms with van der Waals surface area (Å²) in [7, 11) is 0. The van der Waals surface area contributed by atoms with Crippen LogP contribution in [-0.4, -0.2) is 49.4 Å². The van der Waals surface area contributed by atoms with Crippen molar-refractivity contribution in [1.29, 1.82) is 0 Å². The Morgan fingerprint density at radius 3 is 2.61 bits per heavy atom. The normalized spacial score (nSPS) is 25.6. The molecule has 2 aromatic rings. The summed E-state index contributed by atoms with van der Waals surface area (Å²) in [6.07, 6.45) is 21.4. The van der Waals surface area contributed by atoms with Gasteiger partial charge >= 0.3 is 0 Å². The Labute approximate surface area is 213 Å². The maximum absolute atomic E-state index is 13.6. The van der Waals surface area contributed by atoms with E-state index in [-0.39, 0.29) is 5.91 Å². The molecule has 2 aromatic heterocycles. The van der Waals surface area contributed by atoms with E-state index in [2.05, 4.69) is 36.0 Å². The summed E-state index contributed by atoms with van der Waals surface area (Å²) < 4.78 is 1.89. The minimum Gasteiger partial charge on any atom is -0.300 e. The summed E-state index contributed by atoms with van der Waals surface area (Å²) in [6, 6.07) is 2.86. The molecule has 1 amide bonds. The summed E-state index contributed by atoms with van der Waals surface area (Å²) in [5, 5.41) is 4.79. The molecule has 0 unspecified atom stereocenters. The number of rotatable bonds is 4. The lowest BCUT2D eigenvalue weighted by Gasteiger charge is -2.42. The van der Waals surface area contributed by atoms with E-state index in [1.54, 1.807) is 6.08 Å². The standard InChI is InChI=1S/C30H35N5O/c1-4-26-29-17-27(32-35(29)18-21(3)31-26)23-7-5-10-28-20(2)15-24(19-34(28)30(36)16-23)22-11-13-33(14-12-22)25-8-6-9-25/h5,7,10,15-19,22,25H,4,6,8-9,11-14H2,1-3H3/b7-5+,23-16+,28-10+. The molecule has 1 saturated carbocycles. The lowest BCUT2D eigenvalue weighted by atomic mass is 9.84. The van der Waals surface area contributed by atoms with Crippen LogP contribution >= 0.6 is 0 Å². The maximum atomic E-state index is 13.6. The van der Waals surface area contributed by atoms with Crippen molar-refractivity contribution in [2.24, 2.45) is 5.92 Å². The Morgan fingerprint density at radius 1 is 1.08 bits per heavy atom. The summed E-state index contributed by atoms with van der Waals surface area (Å²) >= 11 is 0. The Kier molecular flexibility index (Phi) is 6.00. The predicted molar refractivity (Wildman–Crippen MR) is 143 cm³/mol. The molecule has 0 N–H and O–H groups in total. The zero-order valence-electron chi connectivity index (χ0n) is 21.6. The highest BCUT2D eigenvalue weighted by Crippen LogP contribution is 2.36.